The van der Waals surface area contributed by atoms with Gasteiger partial charge in [0.15, 0.2) is 17.6 Å². The SMILES string of the molecule is CCCN(CCC1=CC=CC(Oc2ccc3c(c2)OCO3)C1=O)S(=O)(=O)CN(CC(C)CC)C(=O)OC(C)(C)C. The van der Waals surface area contributed by atoms with E-state index in [0.717, 1.165) is 6.42 Å². The smallest absolute Gasteiger partial charge is 0.411 e. The Morgan fingerprint density at radius 1 is 1.15 bits per heavy atom. The first-order valence-electron chi connectivity index (χ1n) is 13.8. The molecule has 3 rings (SSSR count). The van der Waals surface area contributed by atoms with Gasteiger partial charge in [-0.2, -0.15) is 0 Å². The van der Waals surface area contributed by atoms with Crippen LogP contribution in [0.25, 0.3) is 0 Å². The molecule has 1 aliphatic heterocycles. The van der Waals surface area contributed by atoms with Gasteiger partial charge in [0.05, 0.1) is 0 Å². The van der Waals surface area contributed by atoms with Gasteiger partial charge in [-0.3, -0.25) is 9.69 Å². The van der Waals surface area contributed by atoms with Crippen LogP contribution in [-0.4, -0.2) is 73.5 Å². The Kier molecular flexibility index (Phi) is 10.7. The number of nitrogens with zero attached hydrogens (tertiary/aromatic N) is 2. The lowest BCUT2D eigenvalue weighted by molar-refractivity contribution is -0.120. The van der Waals surface area contributed by atoms with E-state index in [1.165, 1.54) is 9.21 Å². The standard InChI is InChI=1S/C29H42N2O8S/c1-7-15-31(40(34,35)19-30(18-21(3)8-2)28(33)39-29(4,5)6)16-14-22-10-9-11-25(27(22)32)38-23-12-13-24-26(17-23)37-20-36-24/h9-13,17,21,25H,7-8,14-16,18-20H2,1-6H3. The largest absolute Gasteiger partial charge is 0.478 e. The number of amides is 1. The molecular weight excluding hydrogens is 536 g/mol. The summed E-state index contributed by atoms with van der Waals surface area (Å²) in [6.45, 7) is 11.8. The quantitative estimate of drug-likeness (QED) is 0.325. The van der Waals surface area contributed by atoms with E-state index in [1.807, 2.05) is 20.8 Å². The molecule has 2 atom stereocenters. The fraction of sp³-hybridized carbons (Fsp3) is 0.586. The minimum absolute atomic E-state index is 0.0980. The lowest BCUT2D eigenvalue weighted by atomic mass is 9.98. The maximum Gasteiger partial charge on any atom is 0.411 e. The lowest BCUT2D eigenvalue weighted by Crippen LogP contribution is -2.46. The summed E-state index contributed by atoms with van der Waals surface area (Å²) in [6, 6.07) is 5.10. The number of carbonyl (C=O) groups is 2. The molecule has 11 heteroatoms. The molecule has 1 aromatic rings. The monoisotopic (exact) mass is 578 g/mol. The van der Waals surface area contributed by atoms with Crippen molar-refractivity contribution in [3.8, 4) is 17.2 Å². The summed E-state index contributed by atoms with van der Waals surface area (Å²) in [7, 11) is -3.88. The molecule has 0 spiro atoms. The Bertz CT molecular complexity index is 1220. The van der Waals surface area contributed by atoms with Crippen molar-refractivity contribution in [3.63, 3.8) is 0 Å². The first-order chi connectivity index (χ1) is 18.8. The second kappa shape index (κ2) is 13.5. The first kappa shape index (κ1) is 31.5. The number of Topliss-reactive ketones (excluding diaryl/α,β-unsaturated/α-hetero) is 1. The van der Waals surface area contributed by atoms with Gasteiger partial charge in [0.2, 0.25) is 22.6 Å². The predicted octanol–water partition coefficient (Wildman–Crippen LogP) is 4.90. The minimum Gasteiger partial charge on any atom is -0.478 e. The molecule has 1 aliphatic carbocycles. The fourth-order valence-electron chi connectivity index (χ4n) is 4.20. The lowest BCUT2D eigenvalue weighted by Gasteiger charge is -2.31. The van der Waals surface area contributed by atoms with Crippen molar-refractivity contribution in [2.75, 3.05) is 32.3 Å². The van der Waals surface area contributed by atoms with E-state index >= 15 is 0 Å². The van der Waals surface area contributed by atoms with Crippen LogP contribution in [0.4, 0.5) is 4.79 Å². The van der Waals surface area contributed by atoms with Gasteiger partial charge in [-0.25, -0.2) is 17.5 Å². The minimum atomic E-state index is -3.88. The Labute approximate surface area is 237 Å². The summed E-state index contributed by atoms with van der Waals surface area (Å²) in [5.74, 6) is 1.00. The topological polar surface area (TPSA) is 112 Å². The van der Waals surface area contributed by atoms with E-state index in [2.05, 4.69) is 0 Å². The highest BCUT2D eigenvalue weighted by molar-refractivity contribution is 7.89. The van der Waals surface area contributed by atoms with Crippen LogP contribution < -0.4 is 14.2 Å². The number of ether oxygens (including phenoxy) is 4. The fourth-order valence-corrected chi connectivity index (χ4v) is 5.79. The average molecular weight is 579 g/mol. The summed E-state index contributed by atoms with van der Waals surface area (Å²) >= 11 is 0. The van der Waals surface area contributed by atoms with Crippen molar-refractivity contribution >= 4 is 21.9 Å². The van der Waals surface area contributed by atoms with E-state index < -0.39 is 33.7 Å². The number of hydrogen-bond donors (Lipinski definition) is 0. The third-order valence-electron chi connectivity index (χ3n) is 6.46. The molecule has 2 unspecified atom stereocenters. The predicted molar refractivity (Wildman–Crippen MR) is 152 cm³/mol. The molecule has 0 radical (unpaired) electrons. The normalized spacial score (nSPS) is 17.5. The molecular formula is C29H42N2O8S. The zero-order valence-electron chi connectivity index (χ0n) is 24.3. The molecule has 0 aromatic heterocycles. The van der Waals surface area contributed by atoms with E-state index in [1.54, 1.807) is 57.2 Å². The van der Waals surface area contributed by atoms with Gasteiger partial charge in [0, 0.05) is 31.3 Å². The van der Waals surface area contributed by atoms with E-state index in [0.29, 0.717) is 29.2 Å². The maximum absolute atomic E-state index is 13.5. The van der Waals surface area contributed by atoms with Crippen LogP contribution in [0.1, 0.15) is 60.8 Å². The second-order valence-electron chi connectivity index (χ2n) is 11.1. The van der Waals surface area contributed by atoms with Crippen LogP contribution in [0, 0.1) is 5.92 Å². The van der Waals surface area contributed by atoms with Gasteiger partial charge in [-0.1, -0.05) is 39.3 Å². The third kappa shape index (κ3) is 8.72. The van der Waals surface area contributed by atoms with Crippen LogP contribution in [-0.2, 0) is 19.6 Å². The van der Waals surface area contributed by atoms with Gasteiger partial charge in [-0.15, -0.1) is 0 Å². The van der Waals surface area contributed by atoms with Gasteiger partial charge < -0.3 is 18.9 Å². The van der Waals surface area contributed by atoms with Gasteiger partial charge >= 0.3 is 6.09 Å². The number of rotatable bonds is 13. The van der Waals surface area contributed by atoms with Crippen molar-refractivity contribution in [1.82, 2.24) is 9.21 Å². The summed E-state index contributed by atoms with van der Waals surface area (Å²) in [5, 5.41) is 0. The maximum atomic E-state index is 13.5. The van der Waals surface area contributed by atoms with Gasteiger partial charge in [-0.05, 0) is 57.7 Å². The van der Waals surface area contributed by atoms with Gasteiger partial charge in [0.1, 0.15) is 17.2 Å². The molecule has 0 saturated carbocycles. The number of allylic oxidation sites excluding steroid dienone is 2. The van der Waals surface area contributed by atoms with Gasteiger partial charge in [0.25, 0.3) is 0 Å². The Morgan fingerprint density at radius 2 is 1.88 bits per heavy atom. The van der Waals surface area contributed by atoms with Crippen LogP contribution in [0.2, 0.25) is 0 Å². The van der Waals surface area contributed by atoms with Crippen LogP contribution in [0.15, 0.2) is 42.0 Å². The Morgan fingerprint density at radius 3 is 2.55 bits per heavy atom. The number of hydrogen-bond acceptors (Lipinski definition) is 8. The van der Waals surface area contributed by atoms with Crippen molar-refractivity contribution in [3.05, 3.63) is 42.0 Å². The number of sulfonamides is 1. The van der Waals surface area contributed by atoms with Crippen molar-refractivity contribution < 1.29 is 37.0 Å². The molecule has 40 heavy (non-hydrogen) atoms. The Hall–Kier alpha value is -3.05. The summed E-state index contributed by atoms with van der Waals surface area (Å²) in [5.41, 5.74) is -0.286. The van der Waals surface area contributed by atoms with E-state index in [4.69, 9.17) is 18.9 Å². The second-order valence-corrected chi connectivity index (χ2v) is 13.0. The number of carbonyl (C=O) groups excluding carboxylic acids is 2. The molecule has 222 valence electrons. The van der Waals surface area contributed by atoms with Crippen LogP contribution in [0.5, 0.6) is 17.2 Å². The highest BCUT2D eigenvalue weighted by Crippen LogP contribution is 2.35. The van der Waals surface area contributed by atoms with Crippen LogP contribution >= 0.6 is 0 Å². The molecule has 2 aliphatic rings. The molecule has 0 saturated heterocycles. The van der Waals surface area contributed by atoms with Crippen molar-refractivity contribution in [2.24, 2.45) is 5.92 Å². The molecule has 1 aromatic carbocycles. The molecule has 1 amide bonds. The molecule has 10 nitrogen and oxygen atoms in total. The summed E-state index contributed by atoms with van der Waals surface area (Å²) in [6.07, 6.45) is 5.17. The van der Waals surface area contributed by atoms with Crippen molar-refractivity contribution in [1.29, 1.82) is 0 Å². The number of benzene rings is 1. The Balaban J connectivity index is 1.67. The highest BCUT2D eigenvalue weighted by atomic mass is 32.2. The molecule has 0 N–H and O–H groups in total. The molecule has 0 fully saturated rings. The summed E-state index contributed by atoms with van der Waals surface area (Å²) in [4.78, 5) is 27.4. The zero-order valence-corrected chi connectivity index (χ0v) is 25.2. The highest BCUT2D eigenvalue weighted by Gasteiger charge is 2.32. The first-order valence-corrected chi connectivity index (χ1v) is 15.4. The van der Waals surface area contributed by atoms with Crippen LogP contribution in [0.3, 0.4) is 0 Å². The van der Waals surface area contributed by atoms with E-state index in [-0.39, 0.29) is 44.5 Å². The number of ketones is 1. The third-order valence-corrected chi connectivity index (χ3v) is 8.25. The number of fused-ring (bicyclic) bond motifs is 1. The van der Waals surface area contributed by atoms with E-state index in [9.17, 15) is 18.0 Å². The molecule has 0 bridgehead atoms. The average Bonchev–Trinajstić information content (AvgIpc) is 3.34. The molecule has 1 heterocycles. The summed E-state index contributed by atoms with van der Waals surface area (Å²) < 4.78 is 50.5. The zero-order chi connectivity index (χ0) is 29.5. The van der Waals surface area contributed by atoms with Crippen molar-refractivity contribution in [2.45, 2.75) is 72.5 Å².